The van der Waals surface area contributed by atoms with Crippen LogP contribution in [-0.2, 0) is 17.2 Å². The first-order valence-corrected chi connectivity index (χ1v) is 8.96. The van der Waals surface area contributed by atoms with Gasteiger partial charge in [-0.3, -0.25) is 4.21 Å². The van der Waals surface area contributed by atoms with Crippen molar-refractivity contribution < 1.29 is 8.95 Å². The molecule has 0 spiro atoms. The SMILES string of the molecule is COc1ncnc2c1nc(CCCl)n2C(C)CCS(C)=O. The Morgan fingerprint density at radius 2 is 2.24 bits per heavy atom. The summed E-state index contributed by atoms with van der Waals surface area (Å²) in [6.07, 6.45) is 4.61. The quantitative estimate of drug-likeness (QED) is 0.726. The van der Waals surface area contributed by atoms with Crippen molar-refractivity contribution in [3.8, 4) is 5.88 Å². The lowest BCUT2D eigenvalue weighted by atomic mass is 10.2. The monoisotopic (exact) mass is 330 g/mol. The van der Waals surface area contributed by atoms with Crippen molar-refractivity contribution in [2.45, 2.75) is 25.8 Å². The number of imidazole rings is 1. The summed E-state index contributed by atoms with van der Waals surface area (Å²) in [4.78, 5) is 13.0. The van der Waals surface area contributed by atoms with Crippen LogP contribution in [0.25, 0.3) is 11.2 Å². The summed E-state index contributed by atoms with van der Waals surface area (Å²) in [7, 11) is 0.746. The van der Waals surface area contributed by atoms with Crippen LogP contribution in [0, 0.1) is 0 Å². The fraction of sp³-hybridized carbons (Fsp3) is 0.615. The molecule has 0 amide bonds. The van der Waals surface area contributed by atoms with E-state index in [1.165, 1.54) is 6.33 Å². The first-order chi connectivity index (χ1) is 10.1. The Bertz CT molecular complexity index is 646. The molecule has 21 heavy (non-hydrogen) atoms. The van der Waals surface area contributed by atoms with Crippen LogP contribution < -0.4 is 4.74 Å². The standard InChI is InChI=1S/C13H19ClN4O2S/c1-9(5-7-21(3)19)18-10(4-6-14)17-11-12(18)15-8-16-13(11)20-2/h8-9H,4-7H2,1-3H3. The fourth-order valence-electron chi connectivity index (χ4n) is 2.27. The van der Waals surface area contributed by atoms with Crippen molar-refractivity contribution >= 4 is 33.6 Å². The van der Waals surface area contributed by atoms with Gasteiger partial charge in [-0.15, -0.1) is 11.6 Å². The molecule has 0 N–H and O–H groups in total. The van der Waals surface area contributed by atoms with E-state index in [1.807, 2.05) is 0 Å². The highest BCUT2D eigenvalue weighted by atomic mass is 35.5. The average Bonchev–Trinajstić information content (AvgIpc) is 2.83. The lowest BCUT2D eigenvalue weighted by molar-refractivity contribution is 0.401. The molecule has 116 valence electrons. The second kappa shape index (κ2) is 7.17. The number of alkyl halides is 1. The van der Waals surface area contributed by atoms with E-state index >= 15 is 0 Å². The molecule has 2 atom stereocenters. The number of ether oxygens (including phenoxy) is 1. The Balaban J connectivity index is 2.48. The van der Waals surface area contributed by atoms with E-state index in [-0.39, 0.29) is 6.04 Å². The summed E-state index contributed by atoms with van der Waals surface area (Å²) in [5.41, 5.74) is 1.38. The number of rotatable bonds is 7. The molecule has 2 heterocycles. The summed E-state index contributed by atoms with van der Waals surface area (Å²) in [5, 5.41) is 0. The van der Waals surface area contributed by atoms with E-state index in [9.17, 15) is 4.21 Å². The van der Waals surface area contributed by atoms with Crippen molar-refractivity contribution in [1.29, 1.82) is 0 Å². The number of aryl methyl sites for hydroxylation is 1. The Kier molecular flexibility index (Phi) is 5.52. The molecule has 2 aromatic heterocycles. The average molecular weight is 331 g/mol. The van der Waals surface area contributed by atoms with Gasteiger partial charge in [0.15, 0.2) is 11.2 Å². The van der Waals surface area contributed by atoms with Crippen LogP contribution >= 0.6 is 11.6 Å². The molecule has 0 aliphatic carbocycles. The minimum Gasteiger partial charge on any atom is -0.479 e. The lowest BCUT2D eigenvalue weighted by Crippen LogP contribution is -2.13. The van der Waals surface area contributed by atoms with Crippen molar-refractivity contribution in [2.75, 3.05) is 25.0 Å². The van der Waals surface area contributed by atoms with Crippen molar-refractivity contribution in [3.63, 3.8) is 0 Å². The predicted octanol–water partition coefficient (Wildman–Crippen LogP) is 1.95. The molecule has 0 saturated carbocycles. The van der Waals surface area contributed by atoms with Crippen molar-refractivity contribution in [1.82, 2.24) is 19.5 Å². The van der Waals surface area contributed by atoms with Crippen LogP contribution in [0.15, 0.2) is 6.33 Å². The highest BCUT2D eigenvalue weighted by Crippen LogP contribution is 2.26. The molecule has 0 radical (unpaired) electrons. The normalized spacial score (nSPS) is 14.3. The van der Waals surface area contributed by atoms with Gasteiger partial charge in [0.2, 0.25) is 5.88 Å². The topological polar surface area (TPSA) is 69.9 Å². The largest absolute Gasteiger partial charge is 0.479 e. The maximum Gasteiger partial charge on any atom is 0.245 e. The Hall–Kier alpha value is -1.21. The van der Waals surface area contributed by atoms with E-state index in [1.54, 1.807) is 13.4 Å². The van der Waals surface area contributed by atoms with Crippen molar-refractivity contribution in [3.05, 3.63) is 12.2 Å². The zero-order chi connectivity index (χ0) is 15.4. The van der Waals surface area contributed by atoms with Crippen LogP contribution in [0.3, 0.4) is 0 Å². The maximum atomic E-state index is 11.3. The summed E-state index contributed by atoms with van der Waals surface area (Å²) in [6, 6.07) is 0.136. The number of hydrogen-bond donors (Lipinski definition) is 0. The molecule has 2 rings (SSSR count). The third-order valence-corrected chi connectivity index (χ3v) is 4.29. The molecule has 0 fully saturated rings. The number of methoxy groups -OCH3 is 1. The second-order valence-electron chi connectivity index (χ2n) is 4.81. The van der Waals surface area contributed by atoms with Crippen LogP contribution in [-0.4, -0.2) is 48.7 Å². The smallest absolute Gasteiger partial charge is 0.245 e. The molecular weight excluding hydrogens is 312 g/mol. The minimum atomic E-state index is -0.815. The van der Waals surface area contributed by atoms with Gasteiger partial charge in [0.25, 0.3) is 0 Å². The molecule has 0 aliphatic rings. The number of aromatic nitrogens is 4. The van der Waals surface area contributed by atoms with Crippen LogP contribution in [0.4, 0.5) is 0 Å². The van der Waals surface area contributed by atoms with Crippen LogP contribution in [0.1, 0.15) is 25.2 Å². The Morgan fingerprint density at radius 3 is 2.86 bits per heavy atom. The van der Waals surface area contributed by atoms with Crippen molar-refractivity contribution in [2.24, 2.45) is 0 Å². The molecule has 0 aromatic carbocycles. The molecular formula is C13H19ClN4O2S. The summed E-state index contributed by atoms with van der Waals surface area (Å²) < 4.78 is 18.6. The number of halogens is 1. The van der Waals surface area contributed by atoms with Crippen LogP contribution in [0.5, 0.6) is 5.88 Å². The molecule has 6 nitrogen and oxygen atoms in total. The van der Waals surface area contributed by atoms with E-state index in [2.05, 4.69) is 26.4 Å². The third-order valence-electron chi connectivity index (χ3n) is 3.29. The summed E-state index contributed by atoms with van der Waals surface area (Å²) in [5.74, 6) is 2.43. The maximum absolute atomic E-state index is 11.3. The van der Waals surface area contributed by atoms with Gasteiger partial charge >= 0.3 is 0 Å². The molecule has 2 unspecified atom stereocenters. The van der Waals surface area contributed by atoms with Crippen LogP contribution in [0.2, 0.25) is 0 Å². The first kappa shape index (κ1) is 16.2. The zero-order valence-electron chi connectivity index (χ0n) is 12.4. The minimum absolute atomic E-state index is 0.136. The van der Waals surface area contributed by atoms with Gasteiger partial charge in [0, 0.05) is 41.2 Å². The molecule has 0 bridgehead atoms. The highest BCUT2D eigenvalue weighted by Gasteiger charge is 2.19. The third kappa shape index (κ3) is 3.52. The number of fused-ring (bicyclic) bond motifs is 1. The van der Waals surface area contributed by atoms with E-state index < -0.39 is 10.8 Å². The molecule has 0 aliphatic heterocycles. The van der Waals surface area contributed by atoms with Gasteiger partial charge in [0.1, 0.15) is 12.2 Å². The predicted molar refractivity (Wildman–Crippen MR) is 84.6 cm³/mol. The first-order valence-electron chi connectivity index (χ1n) is 6.70. The summed E-state index contributed by atoms with van der Waals surface area (Å²) >= 11 is 5.87. The molecule has 2 aromatic rings. The van der Waals surface area contributed by atoms with Gasteiger partial charge < -0.3 is 9.30 Å². The summed E-state index contributed by atoms with van der Waals surface area (Å²) in [6.45, 7) is 2.07. The van der Waals surface area contributed by atoms with E-state index in [0.717, 1.165) is 17.9 Å². The zero-order valence-corrected chi connectivity index (χ0v) is 13.9. The van der Waals surface area contributed by atoms with E-state index in [0.29, 0.717) is 29.5 Å². The van der Waals surface area contributed by atoms with Gasteiger partial charge in [-0.1, -0.05) is 0 Å². The number of hydrogen-bond acceptors (Lipinski definition) is 5. The van der Waals surface area contributed by atoms with Gasteiger partial charge in [0.05, 0.1) is 7.11 Å². The molecule has 8 heteroatoms. The Morgan fingerprint density at radius 1 is 1.48 bits per heavy atom. The highest BCUT2D eigenvalue weighted by molar-refractivity contribution is 7.84. The lowest BCUT2D eigenvalue weighted by Gasteiger charge is -2.16. The van der Waals surface area contributed by atoms with Gasteiger partial charge in [-0.25, -0.2) is 9.97 Å². The Labute approximate surface area is 131 Å². The van der Waals surface area contributed by atoms with Gasteiger partial charge in [-0.2, -0.15) is 4.98 Å². The van der Waals surface area contributed by atoms with Gasteiger partial charge in [-0.05, 0) is 13.3 Å². The molecule has 0 saturated heterocycles. The second-order valence-corrected chi connectivity index (χ2v) is 6.74. The fourth-order valence-corrected chi connectivity index (χ4v) is 3.11. The number of nitrogens with zero attached hydrogens (tertiary/aromatic N) is 4. The van der Waals surface area contributed by atoms with E-state index in [4.69, 9.17) is 16.3 Å².